The molecule has 0 aliphatic carbocycles. The zero-order valence-corrected chi connectivity index (χ0v) is 25.0. The number of rotatable bonds is 8. The highest BCUT2D eigenvalue weighted by molar-refractivity contribution is 6.30. The summed E-state index contributed by atoms with van der Waals surface area (Å²) >= 11 is 5.98. The number of likely N-dealkylation sites (tertiary alicyclic amines) is 1. The van der Waals surface area contributed by atoms with Crippen molar-refractivity contribution in [2.24, 2.45) is 7.05 Å². The highest BCUT2D eigenvalue weighted by Crippen LogP contribution is 2.22. The maximum Gasteiger partial charge on any atom is 0.257 e. The number of pyridine rings is 1. The van der Waals surface area contributed by atoms with Crippen LogP contribution in [0.25, 0.3) is 10.9 Å². The molecule has 0 spiro atoms. The molecule has 1 amide bonds. The number of morpholine rings is 1. The number of piperidine rings is 1. The number of aromatic nitrogens is 1. The second kappa shape index (κ2) is 14.3. The van der Waals surface area contributed by atoms with Crippen LogP contribution in [-0.2, 0) is 24.9 Å². The van der Waals surface area contributed by atoms with E-state index in [9.17, 15) is 14.7 Å². The van der Waals surface area contributed by atoms with Gasteiger partial charge in [0.15, 0.2) is 0 Å². The van der Waals surface area contributed by atoms with Crippen molar-refractivity contribution in [2.45, 2.75) is 44.8 Å². The van der Waals surface area contributed by atoms with E-state index in [2.05, 4.69) is 33.0 Å². The summed E-state index contributed by atoms with van der Waals surface area (Å²) in [6.45, 7) is 5.75. The van der Waals surface area contributed by atoms with Crippen molar-refractivity contribution in [1.82, 2.24) is 19.7 Å². The second-order valence-corrected chi connectivity index (χ2v) is 11.6. The number of ether oxygens (including phenoxy) is 1. The van der Waals surface area contributed by atoms with Gasteiger partial charge in [-0.25, -0.2) is 0 Å². The summed E-state index contributed by atoms with van der Waals surface area (Å²) in [5, 5.41) is 13.5. The van der Waals surface area contributed by atoms with E-state index in [1.54, 1.807) is 18.3 Å². The molecule has 5 rings (SSSR count). The molecule has 2 N–H and O–H groups in total. The number of aliphatic hydroxyl groups is 1. The number of hydrogen-bond acceptors (Lipinski definition) is 6. The fraction of sp³-hybridized carbons (Fsp3) is 0.455. The molecule has 222 valence electrons. The van der Waals surface area contributed by atoms with Gasteiger partial charge >= 0.3 is 0 Å². The van der Waals surface area contributed by atoms with Gasteiger partial charge in [-0.3, -0.25) is 19.4 Å². The van der Waals surface area contributed by atoms with Gasteiger partial charge < -0.3 is 19.7 Å². The van der Waals surface area contributed by atoms with E-state index >= 15 is 0 Å². The number of aliphatic hydroxyl groups excluding tert-OH is 1. The SMILES string of the molecule is Cn1cc(C(=O)NCc2ccc(Cl)cc2)c(=O)c2cc(CN3CCOCC3)cc(C#CCN3CCCCC3CCO)c21. The van der Waals surface area contributed by atoms with Crippen molar-refractivity contribution < 1.29 is 14.6 Å². The molecule has 1 aromatic heterocycles. The van der Waals surface area contributed by atoms with Crippen molar-refractivity contribution in [2.75, 3.05) is 46.0 Å². The maximum absolute atomic E-state index is 13.8. The third-order valence-electron chi connectivity index (χ3n) is 8.17. The number of nitrogens with zero attached hydrogens (tertiary/aromatic N) is 3. The molecule has 0 saturated carbocycles. The van der Waals surface area contributed by atoms with Crippen LogP contribution in [0.5, 0.6) is 0 Å². The van der Waals surface area contributed by atoms with Crippen LogP contribution in [0, 0.1) is 11.8 Å². The molecule has 2 saturated heterocycles. The van der Waals surface area contributed by atoms with E-state index in [1.807, 2.05) is 29.8 Å². The summed E-state index contributed by atoms with van der Waals surface area (Å²) in [6.07, 6.45) is 5.77. The van der Waals surface area contributed by atoms with Crippen molar-refractivity contribution in [1.29, 1.82) is 0 Å². The molecular weight excluding hydrogens is 552 g/mol. The van der Waals surface area contributed by atoms with E-state index in [0.717, 1.165) is 61.1 Å². The third kappa shape index (κ3) is 7.41. The monoisotopic (exact) mass is 590 g/mol. The van der Waals surface area contributed by atoms with Crippen LogP contribution in [0.2, 0.25) is 5.02 Å². The lowest BCUT2D eigenvalue weighted by Gasteiger charge is -2.33. The number of fused-ring (bicyclic) bond motifs is 1. The molecule has 2 aliphatic rings. The third-order valence-corrected chi connectivity index (χ3v) is 8.42. The Morgan fingerprint density at radius 2 is 1.90 bits per heavy atom. The molecule has 2 fully saturated rings. The van der Waals surface area contributed by atoms with Gasteiger partial charge in [-0.15, -0.1) is 0 Å². The lowest BCUT2D eigenvalue weighted by atomic mass is 9.99. The Morgan fingerprint density at radius 1 is 1.12 bits per heavy atom. The zero-order chi connectivity index (χ0) is 29.5. The maximum atomic E-state index is 13.8. The van der Waals surface area contributed by atoms with E-state index in [0.29, 0.717) is 49.3 Å². The number of benzene rings is 2. The number of amides is 1. The standard InChI is InChI=1S/C33H39ClN4O4/c1-36-23-30(33(41)35-21-24-7-9-27(34)10-8-24)32(40)29-20-25(22-37-14-17-42-18-15-37)19-26(31(29)36)5-4-13-38-12-3-2-6-28(38)11-16-39/h7-10,19-20,23,28,39H,2-3,6,11-18,21-22H2,1H3,(H,35,41). The fourth-order valence-corrected chi connectivity index (χ4v) is 6.06. The molecule has 2 aromatic carbocycles. The largest absolute Gasteiger partial charge is 0.396 e. The first-order valence-electron chi connectivity index (χ1n) is 14.8. The highest BCUT2D eigenvalue weighted by atomic mass is 35.5. The van der Waals surface area contributed by atoms with Gasteiger partial charge in [0.1, 0.15) is 5.56 Å². The summed E-state index contributed by atoms with van der Waals surface area (Å²) in [4.78, 5) is 31.7. The first-order chi connectivity index (χ1) is 20.4. The predicted octanol–water partition coefficient (Wildman–Crippen LogP) is 3.54. The van der Waals surface area contributed by atoms with Crippen LogP contribution >= 0.6 is 11.6 Å². The van der Waals surface area contributed by atoms with Crippen molar-refractivity contribution >= 4 is 28.4 Å². The number of halogens is 1. The molecule has 3 heterocycles. The number of carbonyl (C=O) groups excluding carboxylic acids is 1. The minimum Gasteiger partial charge on any atom is -0.396 e. The van der Waals surface area contributed by atoms with Crippen molar-refractivity contribution in [3.63, 3.8) is 0 Å². The first-order valence-corrected chi connectivity index (χ1v) is 15.1. The van der Waals surface area contributed by atoms with Gasteiger partial charge in [0.05, 0.1) is 25.3 Å². The van der Waals surface area contributed by atoms with Crippen LogP contribution in [0.4, 0.5) is 0 Å². The molecule has 8 nitrogen and oxygen atoms in total. The molecule has 0 bridgehead atoms. The quantitative estimate of drug-likeness (QED) is 0.390. The average Bonchev–Trinajstić information content (AvgIpc) is 3.00. The van der Waals surface area contributed by atoms with Crippen molar-refractivity contribution in [3.05, 3.63) is 80.1 Å². The van der Waals surface area contributed by atoms with Gasteiger partial charge in [-0.05, 0) is 61.2 Å². The molecule has 2 aliphatic heterocycles. The van der Waals surface area contributed by atoms with Crippen molar-refractivity contribution in [3.8, 4) is 11.8 Å². The van der Waals surface area contributed by atoms with Gasteiger partial charge in [-0.2, -0.15) is 0 Å². The summed E-state index contributed by atoms with van der Waals surface area (Å²) in [6, 6.07) is 11.6. The van der Waals surface area contributed by atoms with Crippen LogP contribution in [0.15, 0.2) is 47.4 Å². The molecule has 9 heteroatoms. The van der Waals surface area contributed by atoms with E-state index in [-0.39, 0.29) is 17.6 Å². The summed E-state index contributed by atoms with van der Waals surface area (Å²) in [5.41, 5.74) is 3.17. The summed E-state index contributed by atoms with van der Waals surface area (Å²) in [7, 11) is 1.85. The van der Waals surface area contributed by atoms with Crippen LogP contribution < -0.4 is 10.7 Å². The molecule has 1 atom stereocenters. The Morgan fingerprint density at radius 3 is 2.67 bits per heavy atom. The van der Waals surface area contributed by atoms with Crippen LogP contribution in [0.1, 0.15) is 52.7 Å². The second-order valence-electron chi connectivity index (χ2n) is 11.2. The lowest BCUT2D eigenvalue weighted by molar-refractivity contribution is 0.0342. The van der Waals surface area contributed by atoms with Gasteiger partial charge in [-0.1, -0.05) is 42.0 Å². The van der Waals surface area contributed by atoms with Gasteiger partial charge in [0.2, 0.25) is 5.43 Å². The molecule has 0 radical (unpaired) electrons. The number of carbonyl (C=O) groups is 1. The smallest absolute Gasteiger partial charge is 0.257 e. The molecule has 1 unspecified atom stereocenters. The van der Waals surface area contributed by atoms with Crippen LogP contribution in [0.3, 0.4) is 0 Å². The summed E-state index contributed by atoms with van der Waals surface area (Å²) < 4.78 is 7.36. The van der Waals surface area contributed by atoms with E-state index in [1.165, 1.54) is 6.42 Å². The Kier molecular flexibility index (Phi) is 10.3. The van der Waals surface area contributed by atoms with Gasteiger partial charge in [0.25, 0.3) is 5.91 Å². The lowest BCUT2D eigenvalue weighted by Crippen LogP contribution is -2.40. The molecular formula is C33H39ClN4O4. The first kappa shape index (κ1) is 30.3. The van der Waals surface area contributed by atoms with E-state index in [4.69, 9.17) is 16.3 Å². The zero-order valence-electron chi connectivity index (χ0n) is 24.2. The average molecular weight is 591 g/mol. The minimum absolute atomic E-state index is 0.0987. The Bertz CT molecular complexity index is 1520. The topological polar surface area (TPSA) is 87.0 Å². The fourth-order valence-electron chi connectivity index (χ4n) is 5.94. The molecule has 42 heavy (non-hydrogen) atoms. The number of aryl methyl sites for hydroxylation is 1. The van der Waals surface area contributed by atoms with Crippen LogP contribution in [-0.4, -0.2) is 77.4 Å². The van der Waals surface area contributed by atoms with Gasteiger partial charge in [0, 0.05) is 68.0 Å². The Labute approximate surface area is 252 Å². The van der Waals surface area contributed by atoms with E-state index < -0.39 is 5.91 Å². The summed E-state index contributed by atoms with van der Waals surface area (Å²) in [5.74, 6) is 6.32. The normalized spacial score (nSPS) is 18.0. The highest BCUT2D eigenvalue weighted by Gasteiger charge is 2.21. The number of hydrogen-bond donors (Lipinski definition) is 2. The Balaban J connectivity index is 1.47. The minimum atomic E-state index is -0.418. The Hall–Kier alpha value is -3.19. The molecule has 3 aromatic rings. The number of nitrogens with one attached hydrogen (secondary N) is 1. The predicted molar refractivity (Wildman–Crippen MR) is 166 cm³/mol.